The Balaban J connectivity index is 1.41. The van der Waals surface area contributed by atoms with E-state index in [1.54, 1.807) is 17.4 Å². The van der Waals surface area contributed by atoms with Crippen molar-refractivity contribution in [3.8, 4) is 0 Å². The number of carbonyl (C=O) groups excluding carboxylic acids is 2. The summed E-state index contributed by atoms with van der Waals surface area (Å²) in [6.45, 7) is 1.78. The van der Waals surface area contributed by atoms with Crippen LogP contribution in [-0.4, -0.2) is 38.9 Å². The van der Waals surface area contributed by atoms with E-state index in [1.807, 2.05) is 46.5 Å². The van der Waals surface area contributed by atoms with Crippen LogP contribution in [0.3, 0.4) is 0 Å². The summed E-state index contributed by atoms with van der Waals surface area (Å²) in [7, 11) is 0. The van der Waals surface area contributed by atoms with Gasteiger partial charge in [-0.25, -0.2) is 4.98 Å². The molecule has 1 aromatic carbocycles. The number of hydrogen-bond acceptors (Lipinski definition) is 4. The van der Waals surface area contributed by atoms with Crippen molar-refractivity contribution in [1.82, 2.24) is 19.8 Å². The zero-order valence-electron chi connectivity index (χ0n) is 15.5. The summed E-state index contributed by atoms with van der Waals surface area (Å²) in [6, 6.07) is 11.3. The average molecular weight is 395 g/mol. The first-order valence-corrected chi connectivity index (χ1v) is 10.2. The second-order valence-corrected chi connectivity index (χ2v) is 7.80. The zero-order valence-corrected chi connectivity index (χ0v) is 16.3. The number of thiophene rings is 1. The van der Waals surface area contributed by atoms with E-state index in [2.05, 4.69) is 16.4 Å². The molecule has 0 bridgehead atoms. The molecule has 2 amide bonds. The molecule has 144 valence electrons. The highest BCUT2D eigenvalue weighted by atomic mass is 32.1. The molecule has 3 heterocycles. The molecule has 1 aliphatic rings. The van der Waals surface area contributed by atoms with Crippen molar-refractivity contribution in [2.24, 2.45) is 0 Å². The van der Waals surface area contributed by atoms with Gasteiger partial charge < -0.3 is 14.8 Å². The van der Waals surface area contributed by atoms with Gasteiger partial charge in [-0.3, -0.25) is 9.59 Å². The molecule has 7 heteroatoms. The van der Waals surface area contributed by atoms with Gasteiger partial charge in [0, 0.05) is 32.0 Å². The normalized spacial score (nSPS) is 16.3. The van der Waals surface area contributed by atoms with E-state index in [1.165, 1.54) is 11.3 Å². The van der Waals surface area contributed by atoms with Crippen molar-refractivity contribution in [3.63, 3.8) is 0 Å². The average Bonchev–Trinajstić information content (AvgIpc) is 3.49. The van der Waals surface area contributed by atoms with E-state index in [0.717, 1.165) is 17.5 Å². The molecule has 3 aromatic rings. The first-order valence-electron chi connectivity index (χ1n) is 9.37. The Kier molecular flexibility index (Phi) is 5.53. The molecule has 1 fully saturated rings. The first kappa shape index (κ1) is 18.4. The minimum atomic E-state index is -0.393. The molecule has 0 saturated carbocycles. The van der Waals surface area contributed by atoms with Gasteiger partial charge in [0.05, 0.1) is 11.2 Å². The van der Waals surface area contributed by atoms with Gasteiger partial charge in [-0.2, -0.15) is 0 Å². The Hall–Kier alpha value is -2.93. The lowest BCUT2D eigenvalue weighted by Crippen LogP contribution is -2.45. The van der Waals surface area contributed by atoms with Gasteiger partial charge in [-0.05, 0) is 35.4 Å². The van der Waals surface area contributed by atoms with Gasteiger partial charge in [-0.1, -0.05) is 30.3 Å². The van der Waals surface area contributed by atoms with Gasteiger partial charge >= 0.3 is 0 Å². The summed E-state index contributed by atoms with van der Waals surface area (Å²) in [5.41, 5.74) is 2.21. The molecule has 1 N–H and O–H groups in total. The molecular formula is C21H22N4O2S. The third-order valence-electron chi connectivity index (χ3n) is 5.03. The third-order valence-corrected chi connectivity index (χ3v) is 5.89. The van der Waals surface area contributed by atoms with Crippen LogP contribution in [0.4, 0.5) is 0 Å². The maximum absolute atomic E-state index is 12.8. The van der Waals surface area contributed by atoms with E-state index >= 15 is 0 Å². The van der Waals surface area contributed by atoms with Gasteiger partial charge in [0.1, 0.15) is 6.04 Å². The summed E-state index contributed by atoms with van der Waals surface area (Å²) in [4.78, 5) is 32.0. The summed E-state index contributed by atoms with van der Waals surface area (Å²) in [6.07, 6.45) is 7.01. The standard InChI is InChI=1S/C21H22N4O2S/c26-20(18-7-3-10-25(18)21(27)19-8-4-12-28-19)23-13-16-5-1-2-6-17(16)14-24-11-9-22-15-24/h1-2,4-6,8-9,11-12,15,18H,3,7,10,13-14H2,(H,23,26). The third kappa shape index (κ3) is 3.99. The molecule has 2 aromatic heterocycles. The number of aromatic nitrogens is 2. The van der Waals surface area contributed by atoms with E-state index in [9.17, 15) is 9.59 Å². The second-order valence-electron chi connectivity index (χ2n) is 6.86. The van der Waals surface area contributed by atoms with Gasteiger partial charge in [0.2, 0.25) is 5.91 Å². The highest BCUT2D eigenvalue weighted by Crippen LogP contribution is 2.22. The van der Waals surface area contributed by atoms with Crippen LogP contribution in [0, 0.1) is 0 Å². The molecule has 0 spiro atoms. The zero-order chi connectivity index (χ0) is 19.3. The fourth-order valence-electron chi connectivity index (χ4n) is 3.59. The van der Waals surface area contributed by atoms with Crippen molar-refractivity contribution in [2.75, 3.05) is 6.54 Å². The van der Waals surface area contributed by atoms with Gasteiger partial charge in [0.15, 0.2) is 0 Å². The lowest BCUT2D eigenvalue weighted by Gasteiger charge is -2.23. The quantitative estimate of drug-likeness (QED) is 0.699. The fourth-order valence-corrected chi connectivity index (χ4v) is 4.26. The summed E-state index contributed by atoms with van der Waals surface area (Å²) >= 11 is 1.42. The summed E-state index contributed by atoms with van der Waals surface area (Å²) in [5, 5.41) is 4.92. The highest BCUT2D eigenvalue weighted by molar-refractivity contribution is 7.12. The molecule has 1 atom stereocenters. The molecular weight excluding hydrogens is 372 g/mol. The molecule has 4 rings (SSSR count). The van der Waals surface area contributed by atoms with Crippen LogP contribution < -0.4 is 5.32 Å². The Morgan fingerprint density at radius 1 is 1.18 bits per heavy atom. The van der Waals surface area contributed by atoms with Crippen molar-refractivity contribution in [2.45, 2.75) is 32.0 Å². The lowest BCUT2D eigenvalue weighted by molar-refractivity contribution is -0.125. The molecule has 0 aliphatic carbocycles. The topological polar surface area (TPSA) is 67.2 Å². The predicted octanol–water partition coefficient (Wildman–Crippen LogP) is 2.91. The fraction of sp³-hybridized carbons (Fsp3) is 0.286. The molecule has 6 nitrogen and oxygen atoms in total. The number of benzene rings is 1. The van der Waals surface area contributed by atoms with Crippen LogP contribution >= 0.6 is 11.3 Å². The minimum Gasteiger partial charge on any atom is -0.350 e. The van der Waals surface area contributed by atoms with Crippen LogP contribution in [0.5, 0.6) is 0 Å². The van der Waals surface area contributed by atoms with E-state index in [-0.39, 0.29) is 11.8 Å². The van der Waals surface area contributed by atoms with E-state index in [4.69, 9.17) is 0 Å². The van der Waals surface area contributed by atoms with Crippen LogP contribution in [-0.2, 0) is 17.9 Å². The van der Waals surface area contributed by atoms with Gasteiger partial charge in [0.25, 0.3) is 5.91 Å². The second kappa shape index (κ2) is 8.39. The number of likely N-dealkylation sites (tertiary alicyclic amines) is 1. The number of hydrogen-bond donors (Lipinski definition) is 1. The molecule has 1 aliphatic heterocycles. The smallest absolute Gasteiger partial charge is 0.264 e. The number of nitrogens with zero attached hydrogens (tertiary/aromatic N) is 3. The Bertz CT molecular complexity index is 937. The Morgan fingerprint density at radius 2 is 2.04 bits per heavy atom. The molecule has 0 radical (unpaired) electrons. The van der Waals surface area contributed by atoms with Crippen LogP contribution in [0.15, 0.2) is 60.5 Å². The monoisotopic (exact) mass is 394 g/mol. The summed E-state index contributed by atoms with van der Waals surface area (Å²) < 4.78 is 2.00. The van der Waals surface area contributed by atoms with Crippen LogP contribution in [0.25, 0.3) is 0 Å². The number of rotatable bonds is 6. The van der Waals surface area contributed by atoms with E-state index in [0.29, 0.717) is 30.9 Å². The number of imidazole rings is 1. The maximum Gasteiger partial charge on any atom is 0.264 e. The Morgan fingerprint density at radius 3 is 2.79 bits per heavy atom. The lowest BCUT2D eigenvalue weighted by atomic mass is 10.1. The van der Waals surface area contributed by atoms with Crippen molar-refractivity contribution in [1.29, 1.82) is 0 Å². The predicted molar refractivity (Wildman–Crippen MR) is 108 cm³/mol. The largest absolute Gasteiger partial charge is 0.350 e. The number of carbonyl (C=O) groups is 2. The number of nitrogens with one attached hydrogen (secondary N) is 1. The SMILES string of the molecule is O=C(NCc1ccccc1Cn1ccnc1)C1CCCN1C(=O)c1cccs1. The summed E-state index contributed by atoms with van der Waals surface area (Å²) in [5.74, 6) is -0.131. The maximum atomic E-state index is 12.8. The molecule has 1 saturated heterocycles. The molecule has 1 unspecified atom stereocenters. The van der Waals surface area contributed by atoms with Crippen LogP contribution in [0.1, 0.15) is 33.6 Å². The number of amides is 2. The Labute approximate surface area is 167 Å². The molecule has 28 heavy (non-hydrogen) atoms. The van der Waals surface area contributed by atoms with Crippen molar-refractivity contribution >= 4 is 23.2 Å². The van der Waals surface area contributed by atoms with Gasteiger partial charge in [-0.15, -0.1) is 11.3 Å². The van der Waals surface area contributed by atoms with Crippen molar-refractivity contribution < 1.29 is 9.59 Å². The minimum absolute atomic E-state index is 0.0480. The van der Waals surface area contributed by atoms with Crippen LogP contribution in [0.2, 0.25) is 0 Å². The highest BCUT2D eigenvalue weighted by Gasteiger charge is 2.34. The first-order chi connectivity index (χ1) is 13.7. The van der Waals surface area contributed by atoms with Crippen molar-refractivity contribution in [3.05, 3.63) is 76.5 Å². The van der Waals surface area contributed by atoms with E-state index < -0.39 is 6.04 Å².